The minimum atomic E-state index is -0.132. The van der Waals surface area contributed by atoms with E-state index in [1.807, 2.05) is 30.3 Å². The van der Waals surface area contributed by atoms with Gasteiger partial charge in [0.1, 0.15) is 0 Å². The van der Waals surface area contributed by atoms with Gasteiger partial charge in [0.15, 0.2) is 5.12 Å². The van der Waals surface area contributed by atoms with E-state index in [-0.39, 0.29) is 22.7 Å². The summed E-state index contributed by atoms with van der Waals surface area (Å²) >= 11 is 1.00. The molecule has 0 aliphatic heterocycles. The van der Waals surface area contributed by atoms with Gasteiger partial charge in [-0.05, 0) is 37.1 Å². The SMILES string of the molecule is CC(=O)SCC(=O)NCCCCCC(=O)Nc1cccc2ncccc12. The third-order valence-corrected chi connectivity index (χ3v) is 4.54. The molecule has 2 rings (SSSR count). The predicted octanol–water partition coefficient (Wildman–Crippen LogP) is 3.13. The van der Waals surface area contributed by atoms with Crippen LogP contribution in [0.3, 0.4) is 0 Å². The van der Waals surface area contributed by atoms with Crippen LogP contribution >= 0.6 is 11.8 Å². The fourth-order valence-corrected chi connectivity index (χ4v) is 2.89. The Morgan fingerprint density at radius 1 is 1.04 bits per heavy atom. The van der Waals surface area contributed by atoms with Crippen molar-refractivity contribution < 1.29 is 14.4 Å². The summed E-state index contributed by atoms with van der Waals surface area (Å²) in [6.45, 7) is 2.01. The maximum absolute atomic E-state index is 12.1. The molecule has 7 heteroatoms. The van der Waals surface area contributed by atoms with Crippen LogP contribution in [0.1, 0.15) is 32.6 Å². The maximum Gasteiger partial charge on any atom is 0.230 e. The molecular formula is C19H23N3O3S. The van der Waals surface area contributed by atoms with Gasteiger partial charge >= 0.3 is 0 Å². The standard InChI is InChI=1S/C19H23N3O3S/c1-14(23)26-13-19(25)21-11-4-2-3-10-18(24)22-17-9-5-8-16-15(17)7-6-12-20-16/h5-9,12H,2-4,10-11,13H2,1H3,(H,21,25)(H,22,24). The van der Waals surface area contributed by atoms with Crippen LogP contribution in [0.5, 0.6) is 0 Å². The first-order chi connectivity index (χ1) is 12.6. The molecule has 0 saturated carbocycles. The number of nitrogens with one attached hydrogen (secondary N) is 2. The average Bonchev–Trinajstić information content (AvgIpc) is 2.63. The van der Waals surface area contributed by atoms with Crippen molar-refractivity contribution in [3.05, 3.63) is 36.5 Å². The van der Waals surface area contributed by atoms with Crippen molar-refractivity contribution >= 4 is 45.3 Å². The Morgan fingerprint density at radius 3 is 2.69 bits per heavy atom. The van der Waals surface area contributed by atoms with Gasteiger partial charge in [0.2, 0.25) is 11.8 Å². The number of thioether (sulfide) groups is 1. The van der Waals surface area contributed by atoms with E-state index >= 15 is 0 Å². The predicted molar refractivity (Wildman–Crippen MR) is 105 cm³/mol. The summed E-state index contributed by atoms with van der Waals surface area (Å²) in [7, 11) is 0. The van der Waals surface area contributed by atoms with E-state index in [1.54, 1.807) is 6.20 Å². The lowest BCUT2D eigenvalue weighted by molar-refractivity contribution is -0.119. The summed E-state index contributed by atoms with van der Waals surface area (Å²) in [6, 6.07) is 9.44. The Kier molecular flexibility index (Phi) is 8.08. The van der Waals surface area contributed by atoms with Crippen LogP contribution in [0.2, 0.25) is 0 Å². The van der Waals surface area contributed by atoms with Gasteiger partial charge < -0.3 is 10.6 Å². The first-order valence-electron chi connectivity index (χ1n) is 8.60. The van der Waals surface area contributed by atoms with Crippen molar-refractivity contribution in [2.75, 3.05) is 17.6 Å². The van der Waals surface area contributed by atoms with Crippen molar-refractivity contribution in [1.29, 1.82) is 0 Å². The van der Waals surface area contributed by atoms with E-state index in [2.05, 4.69) is 15.6 Å². The van der Waals surface area contributed by atoms with Crippen LogP contribution in [0, 0.1) is 0 Å². The first-order valence-corrected chi connectivity index (χ1v) is 9.58. The highest BCUT2D eigenvalue weighted by Gasteiger charge is 2.06. The molecule has 138 valence electrons. The minimum Gasteiger partial charge on any atom is -0.355 e. The zero-order chi connectivity index (χ0) is 18.8. The number of pyridine rings is 1. The van der Waals surface area contributed by atoms with E-state index in [4.69, 9.17) is 0 Å². The highest BCUT2D eigenvalue weighted by Crippen LogP contribution is 2.21. The van der Waals surface area contributed by atoms with Gasteiger partial charge in [0.05, 0.1) is 17.0 Å². The van der Waals surface area contributed by atoms with Crippen LogP contribution in [0.4, 0.5) is 5.69 Å². The number of rotatable bonds is 9. The summed E-state index contributed by atoms with van der Waals surface area (Å²) in [5.74, 6) is 0.00761. The lowest BCUT2D eigenvalue weighted by Gasteiger charge is -2.08. The Bertz CT molecular complexity index is 774. The van der Waals surface area contributed by atoms with Gasteiger partial charge in [0.25, 0.3) is 0 Å². The third kappa shape index (κ3) is 6.84. The zero-order valence-electron chi connectivity index (χ0n) is 14.8. The molecule has 0 aliphatic rings. The molecule has 26 heavy (non-hydrogen) atoms. The Labute approximate surface area is 157 Å². The third-order valence-electron chi connectivity index (χ3n) is 3.73. The number of aromatic nitrogens is 1. The molecule has 0 saturated heterocycles. The van der Waals surface area contributed by atoms with E-state index in [0.717, 1.165) is 47.6 Å². The monoisotopic (exact) mass is 373 g/mol. The van der Waals surface area contributed by atoms with Gasteiger partial charge in [0, 0.05) is 31.5 Å². The van der Waals surface area contributed by atoms with Crippen LogP contribution < -0.4 is 10.6 Å². The Balaban J connectivity index is 1.63. The highest BCUT2D eigenvalue weighted by atomic mass is 32.2. The first kappa shape index (κ1) is 19.9. The lowest BCUT2D eigenvalue weighted by atomic mass is 10.1. The molecule has 0 unspecified atom stereocenters. The Morgan fingerprint density at radius 2 is 1.88 bits per heavy atom. The summed E-state index contributed by atoms with van der Waals surface area (Å²) < 4.78 is 0. The van der Waals surface area contributed by atoms with Gasteiger partial charge in [-0.2, -0.15) is 0 Å². The molecule has 1 heterocycles. The molecule has 2 N–H and O–H groups in total. The zero-order valence-corrected chi connectivity index (χ0v) is 15.6. The lowest BCUT2D eigenvalue weighted by Crippen LogP contribution is -2.26. The second-order valence-corrected chi connectivity index (χ2v) is 7.02. The number of nitrogens with zero attached hydrogens (tertiary/aromatic N) is 1. The van der Waals surface area contributed by atoms with Crippen molar-refractivity contribution in [3.8, 4) is 0 Å². The van der Waals surface area contributed by atoms with E-state index in [9.17, 15) is 14.4 Å². The van der Waals surface area contributed by atoms with Crippen LogP contribution in [-0.4, -0.2) is 34.2 Å². The van der Waals surface area contributed by atoms with E-state index in [0.29, 0.717) is 13.0 Å². The van der Waals surface area contributed by atoms with Crippen molar-refractivity contribution in [2.24, 2.45) is 0 Å². The van der Waals surface area contributed by atoms with Crippen molar-refractivity contribution in [2.45, 2.75) is 32.6 Å². The largest absolute Gasteiger partial charge is 0.355 e. The number of fused-ring (bicyclic) bond motifs is 1. The number of benzene rings is 1. The maximum atomic E-state index is 12.1. The molecule has 2 amide bonds. The molecule has 0 atom stereocenters. The normalized spacial score (nSPS) is 10.5. The minimum absolute atomic E-state index is 0.0248. The second kappa shape index (κ2) is 10.6. The van der Waals surface area contributed by atoms with E-state index in [1.165, 1.54) is 6.92 Å². The van der Waals surface area contributed by atoms with E-state index < -0.39 is 0 Å². The number of carbonyl (C=O) groups is 3. The van der Waals surface area contributed by atoms with Crippen molar-refractivity contribution in [3.63, 3.8) is 0 Å². The number of hydrogen-bond donors (Lipinski definition) is 2. The molecule has 6 nitrogen and oxygen atoms in total. The second-order valence-electron chi connectivity index (χ2n) is 5.86. The van der Waals surface area contributed by atoms with Crippen LogP contribution in [0.25, 0.3) is 10.9 Å². The molecule has 1 aromatic heterocycles. The molecule has 0 aliphatic carbocycles. The molecular weight excluding hydrogens is 350 g/mol. The molecule has 0 spiro atoms. The molecule has 0 radical (unpaired) electrons. The van der Waals surface area contributed by atoms with Crippen LogP contribution in [-0.2, 0) is 14.4 Å². The summed E-state index contributed by atoms with van der Waals surface area (Å²) in [5, 5.41) is 6.57. The fourth-order valence-electron chi connectivity index (χ4n) is 2.46. The molecule has 2 aromatic rings. The Hall–Kier alpha value is -2.41. The number of unbranched alkanes of at least 4 members (excludes halogenated alkanes) is 2. The van der Waals surface area contributed by atoms with Gasteiger partial charge in [-0.15, -0.1) is 0 Å². The van der Waals surface area contributed by atoms with Gasteiger partial charge in [-0.3, -0.25) is 19.4 Å². The number of amides is 2. The van der Waals surface area contributed by atoms with Crippen LogP contribution in [0.15, 0.2) is 36.5 Å². The van der Waals surface area contributed by atoms with Gasteiger partial charge in [-0.25, -0.2) is 0 Å². The average molecular weight is 373 g/mol. The quantitative estimate of drug-likeness (QED) is 0.659. The highest BCUT2D eigenvalue weighted by molar-refractivity contribution is 8.14. The molecule has 0 fully saturated rings. The van der Waals surface area contributed by atoms with Crippen molar-refractivity contribution in [1.82, 2.24) is 10.3 Å². The molecule has 0 bridgehead atoms. The summed E-state index contributed by atoms with van der Waals surface area (Å²) in [4.78, 5) is 38.6. The number of hydrogen-bond acceptors (Lipinski definition) is 5. The fraction of sp³-hybridized carbons (Fsp3) is 0.368. The number of carbonyl (C=O) groups excluding carboxylic acids is 3. The summed E-state index contributed by atoms with van der Waals surface area (Å²) in [5.41, 5.74) is 1.62. The molecule has 1 aromatic carbocycles. The number of anilines is 1. The topological polar surface area (TPSA) is 88.2 Å². The van der Waals surface area contributed by atoms with Gasteiger partial charge in [-0.1, -0.05) is 24.2 Å². The smallest absolute Gasteiger partial charge is 0.230 e. The summed E-state index contributed by atoms with van der Waals surface area (Å²) in [6.07, 6.45) is 4.58.